The van der Waals surface area contributed by atoms with E-state index in [1.165, 1.54) is 24.3 Å². The molecule has 3 heterocycles. The molecule has 0 unspecified atom stereocenters. The van der Waals surface area contributed by atoms with E-state index in [0.29, 0.717) is 0 Å². The molecule has 0 amide bonds. The van der Waals surface area contributed by atoms with Crippen LogP contribution in [0.5, 0.6) is 0 Å². The Morgan fingerprint density at radius 1 is 0.955 bits per heavy atom. The first-order valence-corrected chi connectivity index (χ1v) is 8.02. The second-order valence-electron chi connectivity index (χ2n) is 6.30. The quantitative estimate of drug-likeness (QED) is 0.942. The van der Waals surface area contributed by atoms with Crippen LogP contribution in [0.1, 0.15) is 11.1 Å². The average Bonchev–Trinajstić information content (AvgIpc) is 3.16. The van der Waals surface area contributed by atoms with E-state index in [1.54, 1.807) is 0 Å². The number of aromatic nitrogens is 1. The van der Waals surface area contributed by atoms with Gasteiger partial charge in [-0.05, 0) is 29.0 Å². The van der Waals surface area contributed by atoms with Gasteiger partial charge in [0.2, 0.25) is 0 Å². The molecule has 1 N–H and O–H groups in total. The number of anilines is 1. The Hall–Kier alpha value is -2.13. The Morgan fingerprint density at radius 3 is 2.45 bits per heavy atom. The molecule has 4 rings (SSSR count). The van der Waals surface area contributed by atoms with Crippen LogP contribution in [0.15, 0.2) is 48.8 Å². The summed E-state index contributed by atoms with van der Waals surface area (Å²) in [4.78, 5) is 6.92. The average molecular weight is 291 g/mol. The van der Waals surface area contributed by atoms with Gasteiger partial charge in [0.1, 0.15) is 0 Å². The van der Waals surface area contributed by atoms with Crippen molar-refractivity contribution in [2.75, 3.05) is 31.1 Å². The molecule has 3 nitrogen and oxygen atoms in total. The van der Waals surface area contributed by atoms with E-state index in [2.05, 4.69) is 57.7 Å². The molecule has 3 heteroatoms. The molecule has 2 aliphatic heterocycles. The third kappa shape index (κ3) is 2.77. The Bertz CT molecular complexity index is 653. The van der Waals surface area contributed by atoms with Crippen LogP contribution in [0.2, 0.25) is 0 Å². The molecule has 2 saturated heterocycles. The van der Waals surface area contributed by atoms with Crippen LogP contribution in [0.4, 0.5) is 5.69 Å². The van der Waals surface area contributed by atoms with Crippen LogP contribution in [0.3, 0.4) is 0 Å². The van der Waals surface area contributed by atoms with Crippen LogP contribution in [-0.2, 0) is 0 Å². The van der Waals surface area contributed by atoms with Gasteiger partial charge in [0.05, 0.1) is 11.9 Å². The lowest BCUT2D eigenvalue weighted by Crippen LogP contribution is -2.25. The Balaban J connectivity index is 1.50. The third-order valence-corrected chi connectivity index (χ3v) is 4.77. The van der Waals surface area contributed by atoms with Crippen molar-refractivity contribution in [3.05, 3.63) is 59.9 Å². The zero-order chi connectivity index (χ0) is 14.8. The van der Waals surface area contributed by atoms with Crippen LogP contribution in [0, 0.1) is 11.8 Å². The number of nitrogens with one attached hydrogen (secondary N) is 1. The summed E-state index contributed by atoms with van der Waals surface area (Å²) in [5, 5.41) is 3.49. The van der Waals surface area contributed by atoms with Crippen LogP contribution in [-0.4, -0.2) is 31.2 Å². The number of hydrogen-bond donors (Lipinski definition) is 1. The minimum Gasteiger partial charge on any atom is -0.370 e. The number of fused-ring (bicyclic) bond motifs is 1. The van der Waals surface area contributed by atoms with Gasteiger partial charge in [0.15, 0.2) is 0 Å². The molecule has 2 atom stereocenters. The van der Waals surface area contributed by atoms with Crippen molar-refractivity contribution < 1.29 is 0 Å². The standard InChI is InChI=1S/C19H21N3/c1-2-4-15(5-3-1)6-7-16-8-19(12-20-9-16)22-13-17-10-21-11-18(17)14-22/h1-9,12,17-18,21H,10-11,13-14H2/b7-6+/t17-,18+. The normalized spacial score (nSPS) is 24.1. The van der Waals surface area contributed by atoms with E-state index in [4.69, 9.17) is 0 Å². The van der Waals surface area contributed by atoms with Crippen molar-refractivity contribution in [3.63, 3.8) is 0 Å². The number of benzene rings is 1. The second-order valence-corrected chi connectivity index (χ2v) is 6.30. The summed E-state index contributed by atoms with van der Waals surface area (Å²) < 4.78 is 0. The summed E-state index contributed by atoms with van der Waals surface area (Å²) in [5.74, 6) is 1.62. The summed E-state index contributed by atoms with van der Waals surface area (Å²) >= 11 is 0. The van der Waals surface area contributed by atoms with Gasteiger partial charge in [-0.3, -0.25) is 4.98 Å². The van der Waals surface area contributed by atoms with Crippen LogP contribution < -0.4 is 10.2 Å². The van der Waals surface area contributed by atoms with Gasteiger partial charge in [-0.15, -0.1) is 0 Å². The molecule has 2 aliphatic rings. The molecule has 1 aromatic heterocycles. The van der Waals surface area contributed by atoms with Gasteiger partial charge >= 0.3 is 0 Å². The zero-order valence-corrected chi connectivity index (χ0v) is 12.7. The Morgan fingerprint density at radius 2 is 1.68 bits per heavy atom. The smallest absolute Gasteiger partial charge is 0.0558 e. The van der Waals surface area contributed by atoms with Gasteiger partial charge < -0.3 is 10.2 Å². The molecule has 0 saturated carbocycles. The minimum absolute atomic E-state index is 0.809. The number of pyridine rings is 1. The molecule has 2 aromatic rings. The fourth-order valence-corrected chi connectivity index (χ4v) is 3.53. The fourth-order valence-electron chi connectivity index (χ4n) is 3.53. The molecular weight excluding hydrogens is 270 g/mol. The van der Waals surface area contributed by atoms with E-state index < -0.39 is 0 Å². The largest absolute Gasteiger partial charge is 0.370 e. The van der Waals surface area contributed by atoms with Gasteiger partial charge in [0.25, 0.3) is 0 Å². The Kier molecular flexibility index (Phi) is 3.65. The molecule has 0 radical (unpaired) electrons. The molecule has 0 aliphatic carbocycles. The first-order valence-electron chi connectivity index (χ1n) is 8.02. The van der Waals surface area contributed by atoms with Crippen LogP contribution in [0.25, 0.3) is 12.2 Å². The SMILES string of the molecule is C(=C\c1cncc(N2C[C@H]3CNC[C@H]3C2)c1)/c1ccccc1. The van der Waals surface area contributed by atoms with Crippen molar-refractivity contribution >= 4 is 17.8 Å². The highest BCUT2D eigenvalue weighted by atomic mass is 15.2. The first-order chi connectivity index (χ1) is 10.9. The molecule has 22 heavy (non-hydrogen) atoms. The predicted octanol–water partition coefficient (Wildman–Crippen LogP) is 2.91. The lowest BCUT2D eigenvalue weighted by molar-refractivity contribution is 0.533. The molecular formula is C19H21N3. The zero-order valence-electron chi connectivity index (χ0n) is 12.7. The number of nitrogens with zero attached hydrogens (tertiary/aromatic N) is 2. The second kappa shape index (κ2) is 5.93. The highest BCUT2D eigenvalue weighted by molar-refractivity contribution is 5.70. The summed E-state index contributed by atoms with van der Waals surface area (Å²) in [6.45, 7) is 4.65. The van der Waals surface area contributed by atoms with E-state index in [1.807, 2.05) is 18.5 Å². The summed E-state index contributed by atoms with van der Waals surface area (Å²) in [6.07, 6.45) is 8.21. The molecule has 0 spiro atoms. The van der Waals surface area contributed by atoms with Crippen molar-refractivity contribution in [2.45, 2.75) is 0 Å². The van der Waals surface area contributed by atoms with E-state index >= 15 is 0 Å². The predicted molar refractivity (Wildman–Crippen MR) is 91.7 cm³/mol. The highest BCUT2D eigenvalue weighted by Crippen LogP contribution is 2.30. The van der Waals surface area contributed by atoms with Crippen LogP contribution >= 0.6 is 0 Å². The summed E-state index contributed by atoms with van der Waals surface area (Å²) in [7, 11) is 0. The Labute approximate surface area is 131 Å². The third-order valence-electron chi connectivity index (χ3n) is 4.77. The fraction of sp³-hybridized carbons (Fsp3) is 0.316. The molecule has 0 bridgehead atoms. The maximum Gasteiger partial charge on any atom is 0.0558 e. The lowest BCUT2D eigenvalue weighted by atomic mass is 10.0. The monoisotopic (exact) mass is 291 g/mol. The van der Waals surface area contributed by atoms with Gasteiger partial charge in [0, 0.05) is 32.4 Å². The van der Waals surface area contributed by atoms with Crippen molar-refractivity contribution in [1.82, 2.24) is 10.3 Å². The summed E-state index contributed by atoms with van der Waals surface area (Å²) in [6, 6.07) is 12.6. The lowest BCUT2D eigenvalue weighted by Gasteiger charge is -2.19. The first kappa shape index (κ1) is 13.5. The van der Waals surface area contributed by atoms with Crippen molar-refractivity contribution in [3.8, 4) is 0 Å². The highest BCUT2D eigenvalue weighted by Gasteiger charge is 2.36. The van der Waals surface area contributed by atoms with Gasteiger partial charge in [-0.25, -0.2) is 0 Å². The maximum atomic E-state index is 4.43. The topological polar surface area (TPSA) is 28.2 Å². The van der Waals surface area contributed by atoms with Gasteiger partial charge in [-0.2, -0.15) is 0 Å². The molecule has 1 aromatic carbocycles. The summed E-state index contributed by atoms with van der Waals surface area (Å²) in [5.41, 5.74) is 3.64. The van der Waals surface area contributed by atoms with E-state index in [9.17, 15) is 0 Å². The molecule has 2 fully saturated rings. The van der Waals surface area contributed by atoms with Gasteiger partial charge in [-0.1, -0.05) is 42.5 Å². The van der Waals surface area contributed by atoms with Crippen molar-refractivity contribution in [2.24, 2.45) is 11.8 Å². The van der Waals surface area contributed by atoms with E-state index in [0.717, 1.165) is 30.5 Å². The molecule has 112 valence electrons. The van der Waals surface area contributed by atoms with E-state index in [-0.39, 0.29) is 0 Å². The van der Waals surface area contributed by atoms with Crippen molar-refractivity contribution in [1.29, 1.82) is 0 Å². The number of hydrogen-bond acceptors (Lipinski definition) is 3. The number of rotatable bonds is 3. The maximum absolute atomic E-state index is 4.43. The minimum atomic E-state index is 0.809.